The van der Waals surface area contributed by atoms with Crippen LogP contribution in [-0.2, 0) is 11.0 Å². The summed E-state index contributed by atoms with van der Waals surface area (Å²) in [6.45, 7) is 2.80. The van der Waals surface area contributed by atoms with Crippen molar-refractivity contribution in [1.82, 2.24) is 9.97 Å². The van der Waals surface area contributed by atoms with E-state index in [9.17, 15) is 18.0 Å². The van der Waals surface area contributed by atoms with E-state index in [0.717, 1.165) is 12.3 Å². The van der Waals surface area contributed by atoms with Crippen LogP contribution in [0.1, 0.15) is 19.5 Å². The van der Waals surface area contributed by atoms with Crippen LogP contribution in [-0.4, -0.2) is 27.6 Å². The summed E-state index contributed by atoms with van der Waals surface area (Å²) in [5.41, 5.74) is -2.20. The third kappa shape index (κ3) is 3.57. The van der Waals surface area contributed by atoms with E-state index in [1.54, 1.807) is 0 Å². The van der Waals surface area contributed by atoms with Crippen molar-refractivity contribution in [3.8, 4) is 0 Å². The summed E-state index contributed by atoms with van der Waals surface area (Å²) >= 11 is 0. The Labute approximate surface area is 101 Å². The molecule has 8 heteroatoms. The molecule has 1 aromatic rings. The lowest BCUT2D eigenvalue weighted by molar-refractivity contribution is -0.146. The first kappa shape index (κ1) is 14.2. The molecule has 1 aromatic heterocycles. The van der Waals surface area contributed by atoms with Gasteiger partial charge in [-0.3, -0.25) is 4.79 Å². The Kier molecular flexibility index (Phi) is 3.78. The summed E-state index contributed by atoms with van der Waals surface area (Å²) in [6, 6.07) is 0.744. The highest BCUT2D eigenvalue weighted by Gasteiger charge is 2.33. The van der Waals surface area contributed by atoms with Gasteiger partial charge in [-0.15, -0.1) is 0 Å². The maximum atomic E-state index is 12.4. The van der Waals surface area contributed by atoms with Crippen LogP contribution in [0.15, 0.2) is 12.3 Å². The number of nitrogens with zero attached hydrogens (tertiary/aromatic N) is 2. The third-order valence-electron chi connectivity index (χ3n) is 2.21. The fourth-order valence-corrected chi connectivity index (χ4v) is 0.977. The lowest BCUT2D eigenvalue weighted by Gasteiger charge is -2.19. The van der Waals surface area contributed by atoms with Crippen molar-refractivity contribution in [3.05, 3.63) is 18.0 Å². The molecular formula is C10H12F3N3O2. The molecule has 0 bridgehead atoms. The van der Waals surface area contributed by atoms with E-state index in [4.69, 9.17) is 5.11 Å². The van der Waals surface area contributed by atoms with E-state index < -0.39 is 23.3 Å². The number of halogens is 3. The van der Waals surface area contributed by atoms with Crippen LogP contribution in [0.2, 0.25) is 0 Å². The van der Waals surface area contributed by atoms with E-state index in [-0.39, 0.29) is 12.5 Å². The monoisotopic (exact) mass is 263 g/mol. The second-order valence-corrected chi connectivity index (χ2v) is 4.31. The van der Waals surface area contributed by atoms with Crippen molar-refractivity contribution >= 4 is 11.9 Å². The first-order chi connectivity index (χ1) is 8.13. The maximum absolute atomic E-state index is 12.4. The molecule has 0 unspecified atom stereocenters. The van der Waals surface area contributed by atoms with Crippen LogP contribution in [0.5, 0.6) is 0 Å². The molecule has 0 fully saturated rings. The first-order valence-electron chi connectivity index (χ1n) is 5.00. The van der Waals surface area contributed by atoms with Crippen LogP contribution in [0, 0.1) is 5.41 Å². The maximum Gasteiger partial charge on any atom is 0.433 e. The molecule has 0 radical (unpaired) electrons. The quantitative estimate of drug-likeness (QED) is 0.869. The molecule has 0 aliphatic rings. The van der Waals surface area contributed by atoms with E-state index in [0.29, 0.717) is 0 Å². The highest BCUT2D eigenvalue weighted by Crippen LogP contribution is 2.27. The minimum Gasteiger partial charge on any atom is -0.481 e. The molecular weight excluding hydrogens is 251 g/mol. The molecule has 0 aromatic carbocycles. The van der Waals surface area contributed by atoms with E-state index in [1.165, 1.54) is 13.8 Å². The van der Waals surface area contributed by atoms with Crippen LogP contribution < -0.4 is 5.32 Å². The van der Waals surface area contributed by atoms with Gasteiger partial charge in [0.15, 0.2) is 0 Å². The lowest BCUT2D eigenvalue weighted by atomic mass is 9.94. The number of hydrogen-bond acceptors (Lipinski definition) is 4. The van der Waals surface area contributed by atoms with Gasteiger partial charge in [0.1, 0.15) is 5.69 Å². The summed E-state index contributed by atoms with van der Waals surface area (Å²) in [7, 11) is 0. The zero-order chi connectivity index (χ0) is 14.0. The second-order valence-electron chi connectivity index (χ2n) is 4.31. The number of carboxylic acid groups (broad SMARTS) is 1. The summed E-state index contributed by atoms with van der Waals surface area (Å²) in [5, 5.41) is 11.3. The number of carbonyl (C=O) groups is 1. The molecule has 2 N–H and O–H groups in total. The largest absolute Gasteiger partial charge is 0.481 e. The number of anilines is 1. The molecule has 0 atom stereocenters. The Morgan fingerprint density at radius 3 is 2.56 bits per heavy atom. The zero-order valence-electron chi connectivity index (χ0n) is 9.75. The van der Waals surface area contributed by atoms with E-state index in [2.05, 4.69) is 15.3 Å². The van der Waals surface area contributed by atoms with Gasteiger partial charge >= 0.3 is 12.1 Å². The number of alkyl halides is 3. The highest BCUT2D eigenvalue weighted by atomic mass is 19.4. The molecule has 0 amide bonds. The van der Waals surface area contributed by atoms with E-state index >= 15 is 0 Å². The molecule has 5 nitrogen and oxygen atoms in total. The number of aromatic nitrogens is 2. The Bertz CT molecular complexity index is 446. The van der Waals surface area contributed by atoms with Crippen molar-refractivity contribution in [2.45, 2.75) is 20.0 Å². The van der Waals surface area contributed by atoms with Crippen LogP contribution in [0.3, 0.4) is 0 Å². The summed E-state index contributed by atoms with van der Waals surface area (Å²) in [6.07, 6.45) is -3.59. The van der Waals surface area contributed by atoms with Crippen molar-refractivity contribution < 1.29 is 23.1 Å². The van der Waals surface area contributed by atoms with Crippen molar-refractivity contribution in [1.29, 1.82) is 0 Å². The smallest absolute Gasteiger partial charge is 0.433 e. The van der Waals surface area contributed by atoms with Gasteiger partial charge in [-0.2, -0.15) is 13.2 Å². The summed E-state index contributed by atoms with van der Waals surface area (Å²) in [4.78, 5) is 17.7. The summed E-state index contributed by atoms with van der Waals surface area (Å²) < 4.78 is 37.1. The predicted octanol–water partition coefficient (Wildman–Crippen LogP) is 2.02. The van der Waals surface area contributed by atoms with Crippen molar-refractivity contribution in [2.24, 2.45) is 5.41 Å². The molecule has 0 aliphatic heterocycles. The Morgan fingerprint density at radius 2 is 2.06 bits per heavy atom. The zero-order valence-corrected chi connectivity index (χ0v) is 9.75. The van der Waals surface area contributed by atoms with Crippen molar-refractivity contribution in [3.63, 3.8) is 0 Å². The Hall–Kier alpha value is -1.86. The van der Waals surface area contributed by atoms with Crippen LogP contribution >= 0.6 is 0 Å². The average Bonchev–Trinajstić information content (AvgIpc) is 2.25. The van der Waals surface area contributed by atoms with Gasteiger partial charge in [0.2, 0.25) is 5.95 Å². The Morgan fingerprint density at radius 1 is 1.44 bits per heavy atom. The average molecular weight is 263 g/mol. The van der Waals surface area contributed by atoms with Crippen molar-refractivity contribution in [2.75, 3.05) is 11.9 Å². The molecule has 0 spiro atoms. The fourth-order valence-electron chi connectivity index (χ4n) is 0.977. The standard InChI is InChI=1S/C10H12F3N3O2/c1-9(2,7(17)18)5-15-8-14-4-3-6(16-8)10(11,12)13/h3-4H,5H2,1-2H3,(H,17,18)(H,14,15,16). The highest BCUT2D eigenvalue weighted by molar-refractivity contribution is 5.74. The fraction of sp³-hybridized carbons (Fsp3) is 0.500. The number of hydrogen-bond donors (Lipinski definition) is 2. The minimum atomic E-state index is -4.55. The van der Waals surface area contributed by atoms with Crippen LogP contribution in [0.25, 0.3) is 0 Å². The SMILES string of the molecule is CC(C)(CNc1nccc(C(F)(F)F)n1)C(=O)O. The van der Waals surface area contributed by atoms with Gasteiger partial charge in [0.25, 0.3) is 0 Å². The molecule has 1 rings (SSSR count). The van der Waals surface area contributed by atoms with Gasteiger partial charge in [0, 0.05) is 12.7 Å². The molecule has 18 heavy (non-hydrogen) atoms. The van der Waals surface area contributed by atoms with Gasteiger partial charge in [-0.25, -0.2) is 9.97 Å². The molecule has 0 saturated heterocycles. The Balaban J connectivity index is 2.78. The van der Waals surface area contributed by atoms with Gasteiger partial charge in [-0.05, 0) is 19.9 Å². The normalized spacial score (nSPS) is 12.3. The lowest BCUT2D eigenvalue weighted by Crippen LogP contribution is -2.32. The third-order valence-corrected chi connectivity index (χ3v) is 2.21. The molecule has 1 heterocycles. The van der Waals surface area contributed by atoms with E-state index in [1.807, 2.05) is 0 Å². The number of rotatable bonds is 4. The van der Waals surface area contributed by atoms with Gasteiger partial charge in [0.05, 0.1) is 5.41 Å². The number of aliphatic carboxylic acids is 1. The van der Waals surface area contributed by atoms with Gasteiger partial charge in [-0.1, -0.05) is 0 Å². The van der Waals surface area contributed by atoms with Crippen LogP contribution in [0.4, 0.5) is 19.1 Å². The summed E-state index contributed by atoms with van der Waals surface area (Å²) in [5.74, 6) is -1.32. The topological polar surface area (TPSA) is 75.1 Å². The first-order valence-corrected chi connectivity index (χ1v) is 5.00. The van der Waals surface area contributed by atoms with Gasteiger partial charge < -0.3 is 10.4 Å². The molecule has 100 valence electrons. The number of carboxylic acids is 1. The predicted molar refractivity (Wildman–Crippen MR) is 56.9 cm³/mol. The minimum absolute atomic E-state index is 0.0797. The number of nitrogens with one attached hydrogen (secondary N) is 1. The second kappa shape index (κ2) is 4.79. The molecule has 0 aliphatic carbocycles. The molecule has 0 saturated carbocycles.